The summed E-state index contributed by atoms with van der Waals surface area (Å²) in [4.78, 5) is 0. The first-order valence-electron chi connectivity index (χ1n) is 6.70. The first-order chi connectivity index (χ1) is 7.63. The molecule has 2 rings (SSSR count). The summed E-state index contributed by atoms with van der Waals surface area (Å²) >= 11 is 0. The van der Waals surface area contributed by atoms with Gasteiger partial charge in [0.2, 0.25) is 0 Å². The van der Waals surface area contributed by atoms with Gasteiger partial charge in [-0.15, -0.1) is 0 Å². The lowest BCUT2D eigenvalue weighted by atomic mass is 9.91. The van der Waals surface area contributed by atoms with Gasteiger partial charge in [-0.25, -0.2) is 0 Å². The second-order valence-corrected chi connectivity index (χ2v) is 5.59. The van der Waals surface area contributed by atoms with Crippen LogP contribution in [-0.2, 0) is 0 Å². The monoisotopic (exact) mass is 216 g/mol. The van der Waals surface area contributed by atoms with Gasteiger partial charge in [0.15, 0.2) is 0 Å². The van der Waals surface area contributed by atoms with E-state index in [1.165, 1.54) is 24.8 Å². The molecule has 0 bridgehead atoms. The van der Waals surface area contributed by atoms with Crippen LogP contribution in [0.1, 0.15) is 47.0 Å². The molecular weight excluding hydrogens is 192 g/mol. The highest BCUT2D eigenvalue weighted by Gasteiger charge is 2.35. The largest absolute Gasteiger partial charge is 0.0659 e. The lowest BCUT2D eigenvalue weighted by molar-refractivity contribution is 0.405. The highest BCUT2D eigenvalue weighted by molar-refractivity contribution is 5.39. The quantitative estimate of drug-likeness (QED) is 0.616. The maximum absolute atomic E-state index is 2.42. The van der Waals surface area contributed by atoms with Crippen LogP contribution in [0.15, 0.2) is 34.9 Å². The first kappa shape index (κ1) is 11.7. The molecule has 16 heavy (non-hydrogen) atoms. The Morgan fingerprint density at radius 2 is 2.00 bits per heavy atom. The van der Waals surface area contributed by atoms with Crippen LogP contribution in [0.3, 0.4) is 0 Å². The fraction of sp³-hybridized carbons (Fsp3) is 0.625. The molecule has 1 saturated carbocycles. The van der Waals surface area contributed by atoms with Crippen LogP contribution in [-0.4, -0.2) is 0 Å². The average Bonchev–Trinajstić information content (AvgIpc) is 2.46. The third kappa shape index (κ3) is 2.03. The molecule has 0 aromatic heterocycles. The maximum Gasteiger partial charge on any atom is 0.00161 e. The summed E-state index contributed by atoms with van der Waals surface area (Å²) in [5.41, 5.74) is 4.66. The molecule has 1 fully saturated rings. The van der Waals surface area contributed by atoms with Gasteiger partial charge < -0.3 is 0 Å². The van der Waals surface area contributed by atoms with Crippen LogP contribution in [0.5, 0.6) is 0 Å². The highest BCUT2D eigenvalue weighted by atomic mass is 14.4. The van der Waals surface area contributed by atoms with Crippen LogP contribution < -0.4 is 0 Å². The molecule has 0 N–H and O–H groups in total. The van der Waals surface area contributed by atoms with Crippen molar-refractivity contribution < 1.29 is 0 Å². The zero-order valence-electron chi connectivity index (χ0n) is 11.1. The van der Waals surface area contributed by atoms with Crippen molar-refractivity contribution in [2.75, 3.05) is 0 Å². The van der Waals surface area contributed by atoms with E-state index in [-0.39, 0.29) is 0 Å². The van der Waals surface area contributed by atoms with E-state index >= 15 is 0 Å². The normalized spacial score (nSPS) is 33.8. The van der Waals surface area contributed by atoms with Gasteiger partial charge in [0.05, 0.1) is 0 Å². The van der Waals surface area contributed by atoms with E-state index in [9.17, 15) is 0 Å². The Morgan fingerprint density at radius 3 is 2.69 bits per heavy atom. The third-order valence-electron chi connectivity index (χ3n) is 4.38. The van der Waals surface area contributed by atoms with E-state index in [1.54, 1.807) is 11.1 Å². The Morgan fingerprint density at radius 1 is 1.25 bits per heavy atom. The summed E-state index contributed by atoms with van der Waals surface area (Å²) in [6, 6.07) is 0. The zero-order valence-corrected chi connectivity index (χ0v) is 11.1. The molecule has 2 aliphatic rings. The van der Waals surface area contributed by atoms with Crippen molar-refractivity contribution in [2.24, 2.45) is 17.8 Å². The van der Waals surface area contributed by atoms with Gasteiger partial charge in [0, 0.05) is 5.92 Å². The smallest absolute Gasteiger partial charge is 0.00161 e. The van der Waals surface area contributed by atoms with Crippen molar-refractivity contribution in [3.05, 3.63) is 34.9 Å². The number of hydrogen-bond acceptors (Lipinski definition) is 0. The van der Waals surface area contributed by atoms with Crippen molar-refractivity contribution in [2.45, 2.75) is 47.0 Å². The fourth-order valence-corrected chi connectivity index (χ4v) is 3.42. The SMILES string of the molecule is CCCC1CC2C(C)=CC(C)=CC=C2C1C. The Bertz CT molecular complexity index is 354. The number of fused-ring (bicyclic) bond motifs is 1. The zero-order chi connectivity index (χ0) is 11.7. The molecule has 0 saturated heterocycles. The summed E-state index contributed by atoms with van der Waals surface area (Å²) < 4.78 is 0. The van der Waals surface area contributed by atoms with E-state index in [4.69, 9.17) is 0 Å². The number of rotatable bonds is 2. The van der Waals surface area contributed by atoms with E-state index in [0.29, 0.717) is 0 Å². The number of hydrogen-bond donors (Lipinski definition) is 0. The summed E-state index contributed by atoms with van der Waals surface area (Å²) in [5, 5.41) is 0. The van der Waals surface area contributed by atoms with Crippen LogP contribution in [0, 0.1) is 17.8 Å². The van der Waals surface area contributed by atoms with Gasteiger partial charge in [-0.3, -0.25) is 0 Å². The van der Waals surface area contributed by atoms with E-state index in [0.717, 1.165) is 17.8 Å². The lowest BCUT2D eigenvalue weighted by Crippen LogP contribution is -2.04. The molecule has 0 heterocycles. The molecule has 0 nitrogen and oxygen atoms in total. The molecule has 0 aromatic carbocycles. The van der Waals surface area contributed by atoms with Crippen molar-refractivity contribution in [1.29, 1.82) is 0 Å². The molecule has 3 atom stereocenters. The van der Waals surface area contributed by atoms with Gasteiger partial charge in [-0.1, -0.05) is 61.6 Å². The lowest BCUT2D eigenvalue weighted by Gasteiger charge is -2.14. The van der Waals surface area contributed by atoms with E-state index in [1.807, 2.05) is 0 Å². The molecule has 0 amide bonds. The second-order valence-electron chi connectivity index (χ2n) is 5.59. The van der Waals surface area contributed by atoms with Gasteiger partial charge in [0.25, 0.3) is 0 Å². The summed E-state index contributed by atoms with van der Waals surface area (Å²) in [5.74, 6) is 2.44. The van der Waals surface area contributed by atoms with Gasteiger partial charge in [-0.2, -0.15) is 0 Å². The molecule has 2 aliphatic carbocycles. The Kier molecular flexibility index (Phi) is 3.37. The Hall–Kier alpha value is -0.780. The predicted octanol–water partition coefficient (Wildman–Crippen LogP) is 4.89. The van der Waals surface area contributed by atoms with Crippen molar-refractivity contribution in [1.82, 2.24) is 0 Å². The minimum absolute atomic E-state index is 0.736. The second kappa shape index (κ2) is 4.61. The standard InChI is InChI=1S/C16H24/c1-5-6-14-10-16-12(3)9-11(2)7-8-15(16)13(14)4/h7-9,13-14,16H,5-6,10H2,1-4H3. The molecular formula is C16H24. The van der Waals surface area contributed by atoms with Crippen molar-refractivity contribution in [3.8, 4) is 0 Å². The molecule has 0 spiro atoms. The summed E-state index contributed by atoms with van der Waals surface area (Å²) in [6.07, 6.45) is 11.2. The van der Waals surface area contributed by atoms with Crippen LogP contribution in [0.4, 0.5) is 0 Å². The topological polar surface area (TPSA) is 0 Å². The minimum atomic E-state index is 0.736. The molecule has 0 radical (unpaired) electrons. The van der Waals surface area contributed by atoms with Gasteiger partial charge in [0.1, 0.15) is 0 Å². The van der Waals surface area contributed by atoms with E-state index < -0.39 is 0 Å². The highest BCUT2D eigenvalue weighted by Crippen LogP contribution is 2.47. The van der Waals surface area contributed by atoms with Crippen molar-refractivity contribution >= 4 is 0 Å². The molecule has 0 aromatic rings. The minimum Gasteiger partial charge on any atom is -0.0659 e. The third-order valence-corrected chi connectivity index (χ3v) is 4.38. The molecule has 0 heteroatoms. The van der Waals surface area contributed by atoms with E-state index in [2.05, 4.69) is 45.9 Å². The molecule has 88 valence electrons. The Labute approximate surface area is 100 Å². The van der Waals surface area contributed by atoms with Crippen molar-refractivity contribution in [3.63, 3.8) is 0 Å². The molecule has 3 unspecified atom stereocenters. The Balaban J connectivity index is 2.28. The van der Waals surface area contributed by atoms with Crippen LogP contribution in [0.25, 0.3) is 0 Å². The predicted molar refractivity (Wildman–Crippen MR) is 71.3 cm³/mol. The average molecular weight is 216 g/mol. The fourth-order valence-electron chi connectivity index (χ4n) is 3.42. The van der Waals surface area contributed by atoms with Gasteiger partial charge >= 0.3 is 0 Å². The van der Waals surface area contributed by atoms with Crippen LogP contribution in [0.2, 0.25) is 0 Å². The summed E-state index contributed by atoms with van der Waals surface area (Å²) in [6.45, 7) is 9.24. The van der Waals surface area contributed by atoms with Gasteiger partial charge in [-0.05, 0) is 32.1 Å². The number of allylic oxidation sites excluding steroid dienone is 6. The maximum atomic E-state index is 2.42. The van der Waals surface area contributed by atoms with Crippen LogP contribution >= 0.6 is 0 Å². The first-order valence-corrected chi connectivity index (χ1v) is 6.70. The summed E-state index contributed by atoms with van der Waals surface area (Å²) in [7, 11) is 0. The molecule has 0 aliphatic heterocycles.